The second kappa shape index (κ2) is 13.1. The number of hydrogen-bond donors (Lipinski definition) is 2. The standard InChI is InChI=1S/C19H31NO6/c1-20(2,3)15-16(14-18(23)24)26-19(25)13-11-9-7-5-4-6-8-10-12-17(21)22/h6-9,16H,4-5,10-15H2,1-3H3,(H-,21,22,23,24)/p+1/b8-6+,9-7+. The fourth-order valence-electron chi connectivity index (χ4n) is 2.27. The predicted molar refractivity (Wildman–Crippen MR) is 98.7 cm³/mol. The minimum atomic E-state index is -0.979. The van der Waals surface area contributed by atoms with Crippen LogP contribution in [0.15, 0.2) is 24.3 Å². The molecule has 0 spiro atoms. The Labute approximate surface area is 155 Å². The van der Waals surface area contributed by atoms with Crippen molar-refractivity contribution in [2.24, 2.45) is 0 Å². The Hall–Kier alpha value is -2.15. The van der Waals surface area contributed by atoms with Gasteiger partial charge in [0.15, 0.2) is 6.10 Å². The first-order chi connectivity index (χ1) is 12.1. The molecule has 0 aromatic carbocycles. The van der Waals surface area contributed by atoms with Crippen LogP contribution in [0.1, 0.15) is 44.9 Å². The summed E-state index contributed by atoms with van der Waals surface area (Å²) >= 11 is 0. The SMILES string of the molecule is C[N+](C)(C)CC(CC(=O)O)OC(=O)CC/C=C/CC/C=C/CCC(=O)O. The monoisotopic (exact) mass is 370 g/mol. The number of esters is 1. The maximum absolute atomic E-state index is 11.9. The molecule has 0 bridgehead atoms. The number of likely N-dealkylation sites (N-methyl/N-ethyl adjacent to an activating group) is 1. The van der Waals surface area contributed by atoms with Crippen molar-refractivity contribution in [1.29, 1.82) is 0 Å². The summed E-state index contributed by atoms with van der Waals surface area (Å²) in [5.74, 6) is -2.16. The summed E-state index contributed by atoms with van der Waals surface area (Å²) in [6.45, 7) is 0.447. The molecule has 2 N–H and O–H groups in total. The van der Waals surface area contributed by atoms with Gasteiger partial charge in [-0.1, -0.05) is 24.3 Å². The Balaban J connectivity index is 4.00. The Kier molecular flexibility index (Phi) is 12.0. The van der Waals surface area contributed by atoms with Crippen LogP contribution >= 0.6 is 0 Å². The van der Waals surface area contributed by atoms with Crippen molar-refractivity contribution < 1.29 is 33.8 Å². The van der Waals surface area contributed by atoms with Crippen molar-refractivity contribution in [2.75, 3.05) is 27.7 Å². The average Bonchev–Trinajstić information content (AvgIpc) is 2.46. The van der Waals surface area contributed by atoms with Crippen molar-refractivity contribution in [2.45, 2.75) is 51.0 Å². The van der Waals surface area contributed by atoms with Gasteiger partial charge in [-0.25, -0.2) is 0 Å². The molecule has 0 rings (SSSR count). The van der Waals surface area contributed by atoms with E-state index in [1.165, 1.54) is 0 Å². The fraction of sp³-hybridized carbons (Fsp3) is 0.632. The summed E-state index contributed by atoms with van der Waals surface area (Å²) in [5, 5.41) is 17.4. The van der Waals surface area contributed by atoms with Crippen LogP contribution in [-0.4, -0.2) is 66.4 Å². The molecule has 0 aromatic rings. The predicted octanol–water partition coefficient (Wildman–Crippen LogP) is 2.62. The first-order valence-electron chi connectivity index (χ1n) is 8.83. The van der Waals surface area contributed by atoms with E-state index in [1.54, 1.807) is 0 Å². The molecule has 0 heterocycles. The maximum Gasteiger partial charge on any atom is 0.307 e. The van der Waals surface area contributed by atoms with E-state index in [9.17, 15) is 14.4 Å². The van der Waals surface area contributed by atoms with E-state index in [0.717, 1.165) is 12.8 Å². The van der Waals surface area contributed by atoms with Gasteiger partial charge in [-0.05, 0) is 25.7 Å². The van der Waals surface area contributed by atoms with Gasteiger partial charge >= 0.3 is 17.9 Å². The van der Waals surface area contributed by atoms with Gasteiger partial charge in [0.05, 0.1) is 27.6 Å². The van der Waals surface area contributed by atoms with E-state index in [0.29, 0.717) is 23.9 Å². The smallest absolute Gasteiger partial charge is 0.307 e. The van der Waals surface area contributed by atoms with Gasteiger partial charge in [0.25, 0.3) is 0 Å². The molecule has 0 fully saturated rings. The van der Waals surface area contributed by atoms with E-state index >= 15 is 0 Å². The highest BCUT2D eigenvalue weighted by atomic mass is 16.5. The third-order valence-corrected chi connectivity index (χ3v) is 3.33. The minimum Gasteiger partial charge on any atom is -0.481 e. The number of carboxylic acid groups (broad SMARTS) is 2. The molecule has 0 saturated carbocycles. The molecular weight excluding hydrogens is 338 g/mol. The average molecular weight is 370 g/mol. The molecule has 148 valence electrons. The Morgan fingerprint density at radius 1 is 0.846 bits per heavy atom. The lowest BCUT2D eigenvalue weighted by atomic mass is 10.2. The number of allylic oxidation sites excluding steroid dienone is 4. The van der Waals surface area contributed by atoms with Crippen LogP contribution in [0.4, 0.5) is 0 Å². The van der Waals surface area contributed by atoms with Gasteiger partial charge in [0, 0.05) is 12.8 Å². The summed E-state index contributed by atoms with van der Waals surface area (Å²) in [5.41, 5.74) is 0. The highest BCUT2D eigenvalue weighted by Gasteiger charge is 2.24. The van der Waals surface area contributed by atoms with Crippen molar-refractivity contribution in [3.63, 3.8) is 0 Å². The number of nitrogens with zero attached hydrogens (tertiary/aromatic N) is 1. The van der Waals surface area contributed by atoms with E-state index in [2.05, 4.69) is 0 Å². The summed E-state index contributed by atoms with van der Waals surface area (Å²) < 4.78 is 5.82. The lowest BCUT2D eigenvalue weighted by molar-refractivity contribution is -0.873. The molecular formula is C19H32NO6+. The summed E-state index contributed by atoms with van der Waals surface area (Å²) in [6.07, 6.45) is 9.95. The van der Waals surface area contributed by atoms with Crippen LogP contribution in [0.3, 0.4) is 0 Å². The lowest BCUT2D eigenvalue weighted by Gasteiger charge is -2.28. The minimum absolute atomic E-state index is 0.144. The molecule has 0 amide bonds. The van der Waals surface area contributed by atoms with Gasteiger partial charge in [-0.15, -0.1) is 0 Å². The molecule has 0 aromatic heterocycles. The topological polar surface area (TPSA) is 101 Å². The molecule has 0 aliphatic carbocycles. The quantitative estimate of drug-likeness (QED) is 0.211. The number of ether oxygens (including phenoxy) is 1. The zero-order valence-electron chi connectivity index (χ0n) is 16.0. The van der Waals surface area contributed by atoms with Crippen LogP contribution in [0.2, 0.25) is 0 Å². The molecule has 7 nitrogen and oxygen atoms in total. The fourth-order valence-corrected chi connectivity index (χ4v) is 2.27. The van der Waals surface area contributed by atoms with Crippen molar-refractivity contribution in [3.8, 4) is 0 Å². The molecule has 7 heteroatoms. The second-order valence-corrected chi connectivity index (χ2v) is 7.17. The third-order valence-electron chi connectivity index (χ3n) is 3.33. The van der Waals surface area contributed by atoms with Crippen LogP contribution in [0.25, 0.3) is 0 Å². The second-order valence-electron chi connectivity index (χ2n) is 7.17. The van der Waals surface area contributed by atoms with Crippen LogP contribution < -0.4 is 0 Å². The molecule has 0 saturated heterocycles. The number of hydrogen-bond acceptors (Lipinski definition) is 4. The van der Waals surface area contributed by atoms with Crippen molar-refractivity contribution >= 4 is 17.9 Å². The first kappa shape index (κ1) is 23.9. The number of unbranched alkanes of at least 4 members (excludes halogenated alkanes) is 1. The van der Waals surface area contributed by atoms with Gasteiger partial charge < -0.3 is 19.4 Å². The summed E-state index contributed by atoms with van der Waals surface area (Å²) in [6, 6.07) is 0. The number of carbonyl (C=O) groups is 3. The van der Waals surface area contributed by atoms with Crippen molar-refractivity contribution in [3.05, 3.63) is 24.3 Å². The van der Waals surface area contributed by atoms with Gasteiger partial charge in [0.2, 0.25) is 0 Å². The zero-order valence-corrected chi connectivity index (χ0v) is 16.0. The highest BCUT2D eigenvalue weighted by molar-refractivity contribution is 5.71. The van der Waals surface area contributed by atoms with Crippen molar-refractivity contribution in [1.82, 2.24) is 0 Å². The van der Waals surface area contributed by atoms with Crippen LogP contribution in [-0.2, 0) is 19.1 Å². The first-order valence-corrected chi connectivity index (χ1v) is 8.83. The molecule has 0 aliphatic rings. The maximum atomic E-state index is 11.9. The highest BCUT2D eigenvalue weighted by Crippen LogP contribution is 2.08. The summed E-state index contributed by atoms with van der Waals surface area (Å²) in [4.78, 5) is 33.1. The normalized spacial score (nSPS) is 13.2. The number of carboxylic acids is 2. The van der Waals surface area contributed by atoms with Gasteiger partial charge in [0.1, 0.15) is 6.54 Å². The van der Waals surface area contributed by atoms with Gasteiger partial charge in [-0.3, -0.25) is 14.4 Å². The Bertz CT molecular complexity index is 505. The molecule has 1 unspecified atom stereocenters. The lowest BCUT2D eigenvalue weighted by Crippen LogP contribution is -2.43. The zero-order chi connectivity index (χ0) is 20.0. The van der Waals surface area contributed by atoms with Gasteiger partial charge in [-0.2, -0.15) is 0 Å². The molecule has 0 aliphatic heterocycles. The largest absolute Gasteiger partial charge is 0.481 e. The molecule has 1 atom stereocenters. The van der Waals surface area contributed by atoms with Crippen LogP contribution in [0.5, 0.6) is 0 Å². The van der Waals surface area contributed by atoms with E-state index < -0.39 is 18.0 Å². The van der Waals surface area contributed by atoms with E-state index in [-0.39, 0.29) is 25.2 Å². The number of carbonyl (C=O) groups excluding carboxylic acids is 1. The number of rotatable bonds is 14. The number of aliphatic carboxylic acids is 2. The summed E-state index contributed by atoms with van der Waals surface area (Å²) in [7, 11) is 5.75. The Morgan fingerprint density at radius 2 is 1.35 bits per heavy atom. The molecule has 26 heavy (non-hydrogen) atoms. The Morgan fingerprint density at radius 3 is 1.81 bits per heavy atom. The molecule has 0 radical (unpaired) electrons. The van der Waals surface area contributed by atoms with E-state index in [4.69, 9.17) is 14.9 Å². The van der Waals surface area contributed by atoms with E-state index in [1.807, 2.05) is 45.4 Å². The van der Waals surface area contributed by atoms with Crippen LogP contribution in [0, 0.1) is 0 Å². The number of quaternary nitrogens is 1. The third kappa shape index (κ3) is 16.7.